The van der Waals surface area contributed by atoms with Gasteiger partial charge in [-0.15, -0.1) is 0 Å². The topological polar surface area (TPSA) is 80.6 Å². The van der Waals surface area contributed by atoms with Crippen molar-refractivity contribution in [1.82, 2.24) is 0 Å². The molecule has 0 saturated carbocycles. The number of carbonyl (C=O) groups excluding carboxylic acids is 2. The van der Waals surface area contributed by atoms with Crippen molar-refractivity contribution in [2.75, 3.05) is 17.2 Å². The van der Waals surface area contributed by atoms with Crippen LogP contribution in [0.3, 0.4) is 0 Å². The van der Waals surface area contributed by atoms with E-state index in [0.29, 0.717) is 23.5 Å². The van der Waals surface area contributed by atoms with E-state index in [1.165, 1.54) is 0 Å². The number of anilines is 2. The van der Waals surface area contributed by atoms with Gasteiger partial charge in [-0.2, -0.15) is 0 Å². The maximum absolute atomic E-state index is 12.4. The van der Waals surface area contributed by atoms with Crippen LogP contribution in [0, 0.1) is 6.92 Å². The number of hydrogen-bond acceptors (Lipinski definition) is 5. The molecule has 0 radical (unpaired) electrons. The molecule has 6 heteroatoms. The summed E-state index contributed by atoms with van der Waals surface area (Å²) in [6, 6.07) is 18.0. The average Bonchev–Trinajstić information content (AvgIpc) is 3.18. The molecule has 0 aliphatic rings. The summed E-state index contributed by atoms with van der Waals surface area (Å²) in [7, 11) is 0. The SMILES string of the molecule is Cc1cccc(NC(=O)COC(=O)c2ccccc2NCc2ccco2)c1. The van der Waals surface area contributed by atoms with E-state index in [0.717, 1.165) is 11.3 Å². The van der Waals surface area contributed by atoms with Crippen LogP contribution in [0.15, 0.2) is 71.3 Å². The molecule has 0 spiro atoms. The molecule has 1 amide bonds. The lowest BCUT2D eigenvalue weighted by Crippen LogP contribution is -2.21. The second-order valence-corrected chi connectivity index (χ2v) is 5.97. The van der Waals surface area contributed by atoms with Crippen LogP contribution in [0.5, 0.6) is 0 Å². The van der Waals surface area contributed by atoms with Gasteiger partial charge in [-0.25, -0.2) is 4.79 Å². The van der Waals surface area contributed by atoms with Gasteiger partial charge in [0.25, 0.3) is 5.91 Å². The number of furan rings is 1. The summed E-state index contributed by atoms with van der Waals surface area (Å²) in [6.45, 7) is 2.01. The third-order valence-corrected chi connectivity index (χ3v) is 3.82. The van der Waals surface area contributed by atoms with E-state index in [1.807, 2.05) is 37.3 Å². The van der Waals surface area contributed by atoms with Gasteiger partial charge in [-0.05, 0) is 48.9 Å². The predicted octanol–water partition coefficient (Wildman–Crippen LogP) is 4.00. The number of hydrogen-bond donors (Lipinski definition) is 2. The number of amides is 1. The van der Waals surface area contributed by atoms with Gasteiger partial charge in [-0.3, -0.25) is 4.79 Å². The molecule has 27 heavy (non-hydrogen) atoms. The smallest absolute Gasteiger partial charge is 0.340 e. The molecule has 0 bridgehead atoms. The van der Waals surface area contributed by atoms with Gasteiger partial charge >= 0.3 is 5.97 Å². The third-order valence-electron chi connectivity index (χ3n) is 3.82. The first-order chi connectivity index (χ1) is 13.1. The van der Waals surface area contributed by atoms with Crippen molar-refractivity contribution in [2.24, 2.45) is 0 Å². The van der Waals surface area contributed by atoms with Crippen LogP contribution < -0.4 is 10.6 Å². The maximum Gasteiger partial charge on any atom is 0.340 e. The summed E-state index contributed by atoms with van der Waals surface area (Å²) in [5.41, 5.74) is 2.66. The fraction of sp³-hybridized carbons (Fsp3) is 0.143. The molecular formula is C21H20N2O4. The van der Waals surface area contributed by atoms with E-state index in [9.17, 15) is 9.59 Å². The summed E-state index contributed by atoms with van der Waals surface area (Å²) in [5, 5.41) is 5.84. The fourth-order valence-electron chi connectivity index (χ4n) is 2.54. The van der Waals surface area contributed by atoms with E-state index in [2.05, 4.69) is 10.6 Å². The Hall–Kier alpha value is -3.54. The summed E-state index contributed by atoms with van der Waals surface area (Å²) < 4.78 is 10.4. The van der Waals surface area contributed by atoms with Crippen LogP contribution in [-0.4, -0.2) is 18.5 Å². The zero-order valence-corrected chi connectivity index (χ0v) is 14.9. The standard InChI is InChI=1S/C21H20N2O4/c1-15-6-4-7-16(12-15)23-20(24)14-27-21(25)18-9-2-3-10-19(18)22-13-17-8-5-11-26-17/h2-12,22H,13-14H2,1H3,(H,23,24). The molecule has 0 unspecified atom stereocenters. The first-order valence-electron chi connectivity index (χ1n) is 8.51. The minimum atomic E-state index is -0.572. The summed E-state index contributed by atoms with van der Waals surface area (Å²) >= 11 is 0. The Labute approximate surface area is 157 Å². The Morgan fingerprint density at radius 3 is 2.67 bits per heavy atom. The molecule has 2 aromatic carbocycles. The Kier molecular flexibility index (Phi) is 5.89. The number of nitrogens with one attached hydrogen (secondary N) is 2. The van der Waals surface area contributed by atoms with Crippen molar-refractivity contribution in [2.45, 2.75) is 13.5 Å². The molecule has 3 aromatic rings. The second kappa shape index (κ2) is 8.71. The van der Waals surface area contributed by atoms with Gasteiger partial charge in [0.15, 0.2) is 6.61 Å². The molecule has 0 aliphatic heterocycles. The number of benzene rings is 2. The van der Waals surface area contributed by atoms with Crippen molar-refractivity contribution in [3.63, 3.8) is 0 Å². The Bertz CT molecular complexity index is 919. The van der Waals surface area contributed by atoms with Gasteiger partial charge in [0.05, 0.1) is 18.4 Å². The van der Waals surface area contributed by atoms with E-state index in [4.69, 9.17) is 9.15 Å². The largest absolute Gasteiger partial charge is 0.467 e. The van der Waals surface area contributed by atoms with Gasteiger partial charge in [0.1, 0.15) is 5.76 Å². The first kappa shape index (κ1) is 18.3. The molecule has 0 atom stereocenters. The normalized spacial score (nSPS) is 10.3. The van der Waals surface area contributed by atoms with Crippen molar-refractivity contribution >= 4 is 23.3 Å². The summed E-state index contributed by atoms with van der Waals surface area (Å²) in [6.07, 6.45) is 1.59. The van der Waals surface area contributed by atoms with E-state index in [1.54, 1.807) is 36.6 Å². The van der Waals surface area contributed by atoms with Crippen LogP contribution in [0.2, 0.25) is 0 Å². The summed E-state index contributed by atoms with van der Waals surface area (Å²) in [4.78, 5) is 24.4. The highest BCUT2D eigenvalue weighted by Crippen LogP contribution is 2.17. The van der Waals surface area contributed by atoms with Crippen LogP contribution in [0.25, 0.3) is 0 Å². The molecule has 1 heterocycles. The molecule has 0 aliphatic carbocycles. The van der Waals surface area contributed by atoms with Crippen molar-refractivity contribution in [3.8, 4) is 0 Å². The second-order valence-electron chi connectivity index (χ2n) is 5.97. The van der Waals surface area contributed by atoms with Crippen molar-refractivity contribution in [3.05, 3.63) is 83.8 Å². The predicted molar refractivity (Wildman–Crippen MR) is 103 cm³/mol. The van der Waals surface area contributed by atoms with Gasteiger partial charge in [0.2, 0.25) is 0 Å². The highest BCUT2D eigenvalue weighted by molar-refractivity contribution is 5.98. The average molecular weight is 364 g/mol. The number of esters is 1. The molecular weight excluding hydrogens is 344 g/mol. The van der Waals surface area contributed by atoms with Crippen molar-refractivity contribution < 1.29 is 18.7 Å². The monoisotopic (exact) mass is 364 g/mol. The van der Waals surface area contributed by atoms with E-state index >= 15 is 0 Å². The third kappa shape index (κ3) is 5.22. The lowest BCUT2D eigenvalue weighted by molar-refractivity contribution is -0.119. The Balaban J connectivity index is 1.56. The zero-order chi connectivity index (χ0) is 19.1. The highest BCUT2D eigenvalue weighted by Gasteiger charge is 2.14. The lowest BCUT2D eigenvalue weighted by atomic mass is 10.2. The number of para-hydroxylation sites is 1. The Morgan fingerprint density at radius 2 is 1.89 bits per heavy atom. The molecule has 138 valence electrons. The lowest BCUT2D eigenvalue weighted by Gasteiger charge is -2.11. The van der Waals surface area contributed by atoms with E-state index in [-0.39, 0.29) is 6.61 Å². The summed E-state index contributed by atoms with van der Waals surface area (Å²) in [5.74, 6) is -0.220. The number of aryl methyl sites for hydroxylation is 1. The maximum atomic E-state index is 12.4. The minimum absolute atomic E-state index is 0.354. The first-order valence-corrected chi connectivity index (χ1v) is 8.51. The number of rotatable bonds is 7. The van der Waals surface area contributed by atoms with Crippen LogP contribution in [0.1, 0.15) is 21.7 Å². The molecule has 0 saturated heterocycles. The van der Waals surface area contributed by atoms with E-state index < -0.39 is 11.9 Å². The molecule has 6 nitrogen and oxygen atoms in total. The Morgan fingerprint density at radius 1 is 1.04 bits per heavy atom. The number of ether oxygens (including phenoxy) is 1. The highest BCUT2D eigenvalue weighted by atomic mass is 16.5. The fourth-order valence-corrected chi connectivity index (χ4v) is 2.54. The van der Waals surface area contributed by atoms with Crippen LogP contribution in [-0.2, 0) is 16.1 Å². The molecule has 3 rings (SSSR count). The molecule has 2 N–H and O–H groups in total. The van der Waals surface area contributed by atoms with Crippen molar-refractivity contribution in [1.29, 1.82) is 0 Å². The van der Waals surface area contributed by atoms with Gasteiger partial charge < -0.3 is 19.8 Å². The quantitative estimate of drug-likeness (QED) is 0.620. The van der Waals surface area contributed by atoms with Crippen LogP contribution >= 0.6 is 0 Å². The molecule has 0 fully saturated rings. The van der Waals surface area contributed by atoms with Gasteiger partial charge in [0, 0.05) is 11.4 Å². The van der Waals surface area contributed by atoms with Crippen LogP contribution in [0.4, 0.5) is 11.4 Å². The minimum Gasteiger partial charge on any atom is -0.467 e. The zero-order valence-electron chi connectivity index (χ0n) is 14.9. The van der Waals surface area contributed by atoms with Gasteiger partial charge in [-0.1, -0.05) is 24.3 Å². The molecule has 1 aromatic heterocycles. The number of carbonyl (C=O) groups is 2.